The van der Waals surface area contributed by atoms with Gasteiger partial charge in [-0.05, 0) is 49.2 Å². The highest BCUT2D eigenvalue weighted by Crippen LogP contribution is 2.49. The van der Waals surface area contributed by atoms with E-state index in [1.54, 1.807) is 17.0 Å². The fourth-order valence-corrected chi connectivity index (χ4v) is 6.12. The van der Waals surface area contributed by atoms with Gasteiger partial charge < -0.3 is 20.3 Å². The topological polar surface area (TPSA) is 87.7 Å². The van der Waals surface area contributed by atoms with Gasteiger partial charge in [0.2, 0.25) is 17.7 Å². The van der Waals surface area contributed by atoms with Gasteiger partial charge in [-0.1, -0.05) is 83.4 Å². The molecule has 2 N–H and O–H groups in total. The molecule has 3 heterocycles. The second-order valence-corrected chi connectivity index (χ2v) is 11.3. The molecule has 3 amide bonds. The number of anilines is 1. The lowest BCUT2D eigenvalue weighted by Crippen LogP contribution is -2.59. The van der Waals surface area contributed by atoms with Crippen LogP contribution in [-0.2, 0) is 25.7 Å². The molecule has 6 rings (SSSR count). The van der Waals surface area contributed by atoms with E-state index < -0.39 is 29.6 Å². The van der Waals surface area contributed by atoms with Crippen molar-refractivity contribution in [3.05, 3.63) is 112 Å². The number of amides is 3. The molecule has 5 atom stereocenters. The zero-order chi connectivity index (χ0) is 28.0. The number of ether oxygens (including phenoxy) is 1. The van der Waals surface area contributed by atoms with Crippen LogP contribution in [0.15, 0.2) is 84.9 Å². The average Bonchev–Trinajstić information content (AvgIpc) is 3.51. The van der Waals surface area contributed by atoms with Gasteiger partial charge in [-0.15, -0.1) is 0 Å². The van der Waals surface area contributed by atoms with Crippen molar-refractivity contribution in [2.45, 2.75) is 38.1 Å². The summed E-state index contributed by atoms with van der Waals surface area (Å²) in [6.07, 6.45) is 3.09. The standard InChI is InChI=1S/C32H30ClN3O4/c1-19-3-9-22(10-4-19)28-30(38)34-18-32-16-15-25(40-32)26(29(37)35-24-13-5-20(2)6-14-24)27(32)31(39)36(28)17-21-7-11-23(33)12-8-21/h3-16,25-28H,17-18H2,1-2H3,(H,34,38)(H,35,37)/t25-,26-,27-,28+,32+/m1/s1. The summed E-state index contributed by atoms with van der Waals surface area (Å²) in [4.78, 5) is 43.7. The number of benzene rings is 3. The van der Waals surface area contributed by atoms with Crippen LogP contribution in [0.25, 0.3) is 0 Å². The summed E-state index contributed by atoms with van der Waals surface area (Å²) in [5.41, 5.74) is 3.18. The Kier molecular flexibility index (Phi) is 6.72. The maximum absolute atomic E-state index is 14.7. The maximum atomic E-state index is 14.7. The maximum Gasteiger partial charge on any atom is 0.247 e. The molecule has 2 saturated heterocycles. The van der Waals surface area contributed by atoms with E-state index in [2.05, 4.69) is 10.6 Å². The van der Waals surface area contributed by atoms with E-state index in [1.807, 2.05) is 86.7 Å². The highest BCUT2D eigenvalue weighted by Gasteiger charge is 2.64. The number of carbonyl (C=O) groups excluding carboxylic acids is 3. The van der Waals surface area contributed by atoms with Gasteiger partial charge in [0.05, 0.1) is 24.5 Å². The van der Waals surface area contributed by atoms with Crippen LogP contribution in [-0.4, -0.2) is 40.9 Å². The van der Waals surface area contributed by atoms with Crippen molar-refractivity contribution < 1.29 is 19.1 Å². The molecule has 2 fully saturated rings. The molecule has 8 heteroatoms. The summed E-state index contributed by atoms with van der Waals surface area (Å²) in [6, 6.07) is 21.4. The molecule has 7 nitrogen and oxygen atoms in total. The number of carbonyl (C=O) groups is 3. The minimum Gasteiger partial charge on any atom is -0.360 e. The summed E-state index contributed by atoms with van der Waals surface area (Å²) in [7, 11) is 0. The Hall–Kier alpha value is -3.94. The fraction of sp³-hybridized carbons (Fsp3) is 0.281. The minimum atomic E-state index is -1.11. The van der Waals surface area contributed by atoms with Crippen LogP contribution in [0.2, 0.25) is 5.02 Å². The van der Waals surface area contributed by atoms with Crippen LogP contribution in [0.4, 0.5) is 5.69 Å². The van der Waals surface area contributed by atoms with Crippen LogP contribution in [0, 0.1) is 25.7 Å². The Labute approximate surface area is 238 Å². The SMILES string of the molecule is Cc1ccc(NC(=O)[C@@H]2[C@H]3C=C[C@@]4(CNC(=O)[C@H](c5ccc(C)cc5)N(Cc5ccc(Cl)cc5)C(=O)[C@@H]24)O3)cc1. The molecule has 1 spiro atoms. The highest BCUT2D eigenvalue weighted by atomic mass is 35.5. The second kappa shape index (κ2) is 10.2. The van der Waals surface area contributed by atoms with Gasteiger partial charge in [0, 0.05) is 17.3 Å². The van der Waals surface area contributed by atoms with Crippen LogP contribution < -0.4 is 10.6 Å². The zero-order valence-corrected chi connectivity index (χ0v) is 23.0. The number of halogens is 1. The third-order valence-electron chi connectivity index (χ3n) is 8.09. The van der Waals surface area contributed by atoms with E-state index in [0.717, 1.165) is 16.7 Å². The summed E-state index contributed by atoms with van der Waals surface area (Å²) in [6.45, 7) is 4.21. The van der Waals surface area contributed by atoms with Gasteiger partial charge in [0.25, 0.3) is 0 Å². The van der Waals surface area contributed by atoms with Crippen LogP contribution in [0.3, 0.4) is 0 Å². The molecule has 0 unspecified atom stereocenters. The smallest absolute Gasteiger partial charge is 0.247 e. The van der Waals surface area contributed by atoms with Crippen LogP contribution in [0.5, 0.6) is 0 Å². The first-order valence-corrected chi connectivity index (χ1v) is 13.8. The zero-order valence-electron chi connectivity index (χ0n) is 22.3. The van der Waals surface area contributed by atoms with E-state index in [9.17, 15) is 14.4 Å². The van der Waals surface area contributed by atoms with E-state index in [0.29, 0.717) is 16.3 Å². The van der Waals surface area contributed by atoms with Crippen molar-refractivity contribution in [3.63, 3.8) is 0 Å². The molecule has 3 aliphatic rings. The van der Waals surface area contributed by atoms with Gasteiger partial charge in [-0.2, -0.15) is 0 Å². The number of rotatable bonds is 5. The van der Waals surface area contributed by atoms with Gasteiger partial charge in [0.15, 0.2) is 0 Å². The largest absolute Gasteiger partial charge is 0.360 e. The monoisotopic (exact) mass is 555 g/mol. The molecule has 3 aliphatic heterocycles. The molecule has 40 heavy (non-hydrogen) atoms. The number of aryl methyl sites for hydroxylation is 2. The normalized spacial score (nSPS) is 27.1. The van der Waals surface area contributed by atoms with E-state index in [1.165, 1.54) is 0 Å². The number of nitrogens with zero attached hydrogens (tertiary/aromatic N) is 1. The fourth-order valence-electron chi connectivity index (χ4n) is 5.99. The van der Waals surface area contributed by atoms with Crippen LogP contribution in [0.1, 0.15) is 28.3 Å². The molecule has 0 aliphatic carbocycles. The summed E-state index contributed by atoms with van der Waals surface area (Å²) in [5, 5.41) is 6.60. The van der Waals surface area contributed by atoms with Gasteiger partial charge in [-0.3, -0.25) is 14.4 Å². The van der Waals surface area contributed by atoms with Crippen molar-refractivity contribution >= 4 is 35.0 Å². The Morgan fingerprint density at radius 2 is 1.65 bits per heavy atom. The van der Waals surface area contributed by atoms with Crippen molar-refractivity contribution in [3.8, 4) is 0 Å². The van der Waals surface area contributed by atoms with Crippen molar-refractivity contribution in [1.82, 2.24) is 10.2 Å². The van der Waals surface area contributed by atoms with Crippen molar-refractivity contribution in [2.75, 3.05) is 11.9 Å². The van der Waals surface area contributed by atoms with Crippen molar-refractivity contribution in [2.24, 2.45) is 11.8 Å². The van der Waals surface area contributed by atoms with E-state index in [4.69, 9.17) is 16.3 Å². The quantitative estimate of drug-likeness (QED) is 0.445. The lowest BCUT2D eigenvalue weighted by Gasteiger charge is -2.42. The number of nitrogens with one attached hydrogen (secondary N) is 2. The number of fused-ring (bicyclic) bond motifs is 1. The highest BCUT2D eigenvalue weighted by molar-refractivity contribution is 6.30. The van der Waals surface area contributed by atoms with E-state index >= 15 is 0 Å². The molecule has 0 aromatic heterocycles. The first-order valence-electron chi connectivity index (χ1n) is 13.4. The third-order valence-corrected chi connectivity index (χ3v) is 8.34. The average molecular weight is 556 g/mol. The van der Waals surface area contributed by atoms with Crippen molar-refractivity contribution in [1.29, 1.82) is 0 Å². The summed E-state index contributed by atoms with van der Waals surface area (Å²) >= 11 is 6.12. The molecule has 0 radical (unpaired) electrons. The first kappa shape index (κ1) is 26.3. The molecular weight excluding hydrogens is 526 g/mol. The Bertz CT molecular complexity index is 1490. The molecule has 2 bridgehead atoms. The third kappa shape index (κ3) is 4.69. The van der Waals surface area contributed by atoms with Crippen LogP contribution >= 0.6 is 11.6 Å². The van der Waals surface area contributed by atoms with Gasteiger partial charge in [0.1, 0.15) is 11.6 Å². The Morgan fingerprint density at radius 3 is 2.33 bits per heavy atom. The number of hydrogen-bond acceptors (Lipinski definition) is 4. The van der Waals surface area contributed by atoms with Gasteiger partial charge >= 0.3 is 0 Å². The summed E-state index contributed by atoms with van der Waals surface area (Å²) in [5.74, 6) is -2.48. The first-order chi connectivity index (χ1) is 19.2. The molecule has 0 saturated carbocycles. The Balaban J connectivity index is 1.41. The van der Waals surface area contributed by atoms with E-state index in [-0.39, 0.29) is 30.8 Å². The Morgan fingerprint density at radius 1 is 1.00 bits per heavy atom. The summed E-state index contributed by atoms with van der Waals surface area (Å²) < 4.78 is 6.33. The minimum absolute atomic E-state index is 0.0979. The molecular formula is C32H30ClN3O4. The lowest BCUT2D eigenvalue weighted by molar-refractivity contribution is -0.153. The predicted octanol–water partition coefficient (Wildman–Crippen LogP) is 4.74. The molecule has 3 aromatic carbocycles. The lowest BCUT2D eigenvalue weighted by atomic mass is 9.73. The van der Waals surface area contributed by atoms with Gasteiger partial charge in [-0.25, -0.2) is 0 Å². The second-order valence-electron chi connectivity index (χ2n) is 10.9. The number of hydrogen-bond donors (Lipinski definition) is 2. The molecule has 3 aromatic rings. The molecule has 204 valence electrons. The predicted molar refractivity (Wildman–Crippen MR) is 152 cm³/mol.